The highest BCUT2D eigenvalue weighted by Gasteiger charge is 2.11. The van der Waals surface area contributed by atoms with Crippen molar-refractivity contribution in [2.75, 3.05) is 19.6 Å². The van der Waals surface area contributed by atoms with Gasteiger partial charge in [0.05, 0.1) is 0 Å². The van der Waals surface area contributed by atoms with Gasteiger partial charge in [-0.2, -0.15) is 0 Å². The summed E-state index contributed by atoms with van der Waals surface area (Å²) >= 11 is 0. The van der Waals surface area contributed by atoms with E-state index in [2.05, 4.69) is 41.3 Å². The topological polar surface area (TPSA) is 29.3 Å². The molecule has 0 atom stereocenters. The largest absolute Gasteiger partial charge is 0.330 e. The smallest absolute Gasteiger partial charge is 0.0237 e. The van der Waals surface area contributed by atoms with Crippen molar-refractivity contribution in [3.05, 3.63) is 47.5 Å². The molecule has 0 fully saturated rings. The summed E-state index contributed by atoms with van der Waals surface area (Å²) in [6.45, 7) is 4.16. The fraction of sp³-hybridized carbons (Fsp3) is 0.467. The van der Waals surface area contributed by atoms with Crippen molar-refractivity contribution in [1.82, 2.24) is 4.90 Å². The van der Waals surface area contributed by atoms with Gasteiger partial charge in [0.25, 0.3) is 0 Å². The summed E-state index contributed by atoms with van der Waals surface area (Å²) in [7, 11) is 0. The highest BCUT2D eigenvalue weighted by atomic mass is 15.1. The van der Waals surface area contributed by atoms with E-state index in [1.165, 1.54) is 24.9 Å². The minimum absolute atomic E-state index is 0.811. The Morgan fingerprint density at radius 2 is 2.00 bits per heavy atom. The number of rotatable bonds is 5. The fourth-order valence-electron chi connectivity index (χ4n) is 2.29. The van der Waals surface area contributed by atoms with E-state index in [1.807, 2.05) is 0 Å². The first kappa shape index (κ1) is 12.3. The van der Waals surface area contributed by atoms with E-state index >= 15 is 0 Å². The van der Waals surface area contributed by atoms with Crippen molar-refractivity contribution in [1.29, 1.82) is 0 Å². The van der Waals surface area contributed by atoms with Gasteiger partial charge in [-0.05, 0) is 31.4 Å². The van der Waals surface area contributed by atoms with Crippen LogP contribution in [0.2, 0.25) is 0 Å². The van der Waals surface area contributed by atoms with Crippen LogP contribution in [-0.2, 0) is 6.54 Å². The van der Waals surface area contributed by atoms with Gasteiger partial charge in [-0.1, -0.05) is 42.0 Å². The molecule has 2 heteroatoms. The minimum Gasteiger partial charge on any atom is -0.330 e. The molecule has 0 aliphatic carbocycles. The lowest BCUT2D eigenvalue weighted by molar-refractivity contribution is 0.284. The van der Waals surface area contributed by atoms with E-state index in [0.29, 0.717) is 0 Å². The summed E-state index contributed by atoms with van der Waals surface area (Å²) in [6, 6.07) is 10.7. The maximum atomic E-state index is 5.54. The molecule has 2 N–H and O–H groups in total. The van der Waals surface area contributed by atoms with Crippen LogP contribution in [0, 0.1) is 0 Å². The van der Waals surface area contributed by atoms with Crippen LogP contribution in [0.5, 0.6) is 0 Å². The Bertz CT molecular complexity index is 356. The third kappa shape index (κ3) is 3.99. The Morgan fingerprint density at radius 3 is 2.65 bits per heavy atom. The molecule has 0 spiro atoms. The summed E-state index contributed by atoms with van der Waals surface area (Å²) in [5.41, 5.74) is 8.54. The lowest BCUT2D eigenvalue weighted by Crippen LogP contribution is -2.28. The molecular weight excluding hydrogens is 208 g/mol. The zero-order chi connectivity index (χ0) is 11.9. The highest BCUT2D eigenvalue weighted by Crippen LogP contribution is 2.17. The second-order valence-electron chi connectivity index (χ2n) is 4.73. The van der Waals surface area contributed by atoms with E-state index in [1.54, 1.807) is 5.57 Å². The SMILES string of the molecule is NCCCC1=CCN(Cc2ccccc2)CC1. The van der Waals surface area contributed by atoms with E-state index in [4.69, 9.17) is 5.73 Å². The van der Waals surface area contributed by atoms with E-state index in [-0.39, 0.29) is 0 Å². The molecule has 17 heavy (non-hydrogen) atoms. The first-order chi connectivity index (χ1) is 8.38. The van der Waals surface area contributed by atoms with Gasteiger partial charge in [0.2, 0.25) is 0 Å². The number of benzene rings is 1. The molecule has 1 aromatic rings. The van der Waals surface area contributed by atoms with Gasteiger partial charge < -0.3 is 5.73 Å². The molecule has 0 amide bonds. The summed E-state index contributed by atoms with van der Waals surface area (Å²) in [6.07, 6.45) is 5.93. The summed E-state index contributed by atoms with van der Waals surface area (Å²) in [5, 5.41) is 0. The molecule has 1 heterocycles. The first-order valence-corrected chi connectivity index (χ1v) is 6.53. The number of nitrogens with zero attached hydrogens (tertiary/aromatic N) is 1. The summed E-state index contributed by atoms with van der Waals surface area (Å²) < 4.78 is 0. The van der Waals surface area contributed by atoms with Gasteiger partial charge in [-0.3, -0.25) is 4.90 Å². The van der Waals surface area contributed by atoms with E-state index in [0.717, 1.165) is 26.1 Å². The van der Waals surface area contributed by atoms with Crippen LogP contribution in [0.15, 0.2) is 42.0 Å². The fourth-order valence-corrected chi connectivity index (χ4v) is 2.29. The van der Waals surface area contributed by atoms with Crippen molar-refractivity contribution in [3.8, 4) is 0 Å². The maximum absolute atomic E-state index is 5.54. The van der Waals surface area contributed by atoms with Crippen molar-refractivity contribution in [2.24, 2.45) is 5.73 Å². The van der Waals surface area contributed by atoms with Crippen molar-refractivity contribution in [3.63, 3.8) is 0 Å². The average molecular weight is 230 g/mol. The standard InChI is InChI=1S/C15H22N2/c16-10-4-7-14-8-11-17(12-9-14)13-15-5-2-1-3-6-15/h1-3,5-6,8H,4,7,9-13,16H2. The van der Waals surface area contributed by atoms with Crippen LogP contribution in [0.1, 0.15) is 24.8 Å². The van der Waals surface area contributed by atoms with Crippen LogP contribution in [0.3, 0.4) is 0 Å². The van der Waals surface area contributed by atoms with Crippen LogP contribution < -0.4 is 5.73 Å². The van der Waals surface area contributed by atoms with Crippen molar-refractivity contribution in [2.45, 2.75) is 25.8 Å². The minimum atomic E-state index is 0.811. The Morgan fingerprint density at radius 1 is 1.18 bits per heavy atom. The zero-order valence-corrected chi connectivity index (χ0v) is 10.4. The van der Waals surface area contributed by atoms with E-state index < -0.39 is 0 Å². The van der Waals surface area contributed by atoms with Gasteiger partial charge in [-0.25, -0.2) is 0 Å². The number of hydrogen-bond acceptors (Lipinski definition) is 2. The third-order valence-electron chi connectivity index (χ3n) is 3.34. The summed E-state index contributed by atoms with van der Waals surface area (Å²) in [4.78, 5) is 2.50. The first-order valence-electron chi connectivity index (χ1n) is 6.53. The lowest BCUT2D eigenvalue weighted by Gasteiger charge is -2.26. The Labute approximate surface area is 104 Å². The molecular formula is C15H22N2. The Kier molecular flexibility index (Phi) is 4.77. The van der Waals surface area contributed by atoms with E-state index in [9.17, 15) is 0 Å². The lowest BCUT2D eigenvalue weighted by atomic mass is 10.0. The molecule has 0 aromatic heterocycles. The molecule has 1 aliphatic rings. The summed E-state index contributed by atoms with van der Waals surface area (Å²) in [5.74, 6) is 0. The van der Waals surface area contributed by atoms with Gasteiger partial charge in [0.15, 0.2) is 0 Å². The second kappa shape index (κ2) is 6.58. The highest BCUT2D eigenvalue weighted by molar-refractivity contribution is 5.15. The Hall–Kier alpha value is -1.12. The third-order valence-corrected chi connectivity index (χ3v) is 3.34. The molecule has 0 radical (unpaired) electrons. The monoisotopic (exact) mass is 230 g/mol. The van der Waals surface area contributed by atoms with Crippen molar-refractivity contribution >= 4 is 0 Å². The molecule has 92 valence electrons. The molecule has 0 unspecified atom stereocenters. The zero-order valence-electron chi connectivity index (χ0n) is 10.4. The van der Waals surface area contributed by atoms with Gasteiger partial charge in [-0.15, -0.1) is 0 Å². The Balaban J connectivity index is 1.81. The van der Waals surface area contributed by atoms with Gasteiger partial charge in [0.1, 0.15) is 0 Å². The predicted molar refractivity (Wildman–Crippen MR) is 72.7 cm³/mol. The predicted octanol–water partition coefficient (Wildman–Crippen LogP) is 2.56. The molecule has 1 aliphatic heterocycles. The molecule has 0 saturated heterocycles. The normalized spacial score (nSPS) is 16.9. The average Bonchev–Trinajstić information content (AvgIpc) is 2.39. The van der Waals surface area contributed by atoms with Crippen molar-refractivity contribution < 1.29 is 0 Å². The molecule has 2 nitrogen and oxygen atoms in total. The van der Waals surface area contributed by atoms with Crippen LogP contribution in [-0.4, -0.2) is 24.5 Å². The molecule has 2 rings (SSSR count). The van der Waals surface area contributed by atoms with Crippen LogP contribution in [0.4, 0.5) is 0 Å². The van der Waals surface area contributed by atoms with Gasteiger partial charge >= 0.3 is 0 Å². The van der Waals surface area contributed by atoms with Crippen LogP contribution >= 0.6 is 0 Å². The molecule has 1 aromatic carbocycles. The van der Waals surface area contributed by atoms with Crippen LogP contribution in [0.25, 0.3) is 0 Å². The quantitative estimate of drug-likeness (QED) is 0.788. The molecule has 0 saturated carbocycles. The molecule has 0 bridgehead atoms. The second-order valence-corrected chi connectivity index (χ2v) is 4.73. The number of nitrogens with two attached hydrogens (primary N) is 1. The maximum Gasteiger partial charge on any atom is 0.0237 e. The number of hydrogen-bond donors (Lipinski definition) is 1. The van der Waals surface area contributed by atoms with Gasteiger partial charge in [0, 0.05) is 19.6 Å².